The summed E-state index contributed by atoms with van der Waals surface area (Å²) in [7, 11) is 0. The lowest BCUT2D eigenvalue weighted by Crippen LogP contribution is -2.09. The third-order valence-electron chi connectivity index (χ3n) is 6.68. The van der Waals surface area contributed by atoms with E-state index in [1.165, 1.54) is 11.1 Å². The Balaban J connectivity index is 1.34. The summed E-state index contributed by atoms with van der Waals surface area (Å²) in [5, 5.41) is 0. The van der Waals surface area contributed by atoms with Crippen molar-refractivity contribution in [2.24, 2.45) is 0 Å². The van der Waals surface area contributed by atoms with Gasteiger partial charge in [0.15, 0.2) is 0 Å². The zero-order chi connectivity index (χ0) is 28.8. The molecule has 0 fully saturated rings. The van der Waals surface area contributed by atoms with Crippen LogP contribution in [-0.4, -0.2) is 6.61 Å². The van der Waals surface area contributed by atoms with E-state index >= 15 is 0 Å². The van der Waals surface area contributed by atoms with Crippen molar-refractivity contribution in [1.82, 2.24) is 0 Å². The Bertz CT molecular complexity index is 1530. The van der Waals surface area contributed by atoms with Crippen LogP contribution in [0.4, 0.5) is 17.1 Å². The second kappa shape index (κ2) is 14.9. The molecule has 0 spiro atoms. The van der Waals surface area contributed by atoms with Gasteiger partial charge in [0.05, 0.1) is 6.61 Å². The van der Waals surface area contributed by atoms with Crippen molar-refractivity contribution in [2.75, 3.05) is 11.5 Å². The number of hydrogen-bond acceptors (Lipinski definition) is 2. The summed E-state index contributed by atoms with van der Waals surface area (Å²) in [5.74, 6) is 0.870. The van der Waals surface area contributed by atoms with Crippen LogP contribution in [0.25, 0.3) is 24.3 Å². The summed E-state index contributed by atoms with van der Waals surface area (Å²) >= 11 is 0. The van der Waals surface area contributed by atoms with E-state index in [9.17, 15) is 0 Å². The summed E-state index contributed by atoms with van der Waals surface area (Å²) in [5.41, 5.74) is 7.92. The van der Waals surface area contributed by atoms with Gasteiger partial charge in [-0.15, -0.1) is 0 Å². The van der Waals surface area contributed by atoms with Crippen LogP contribution in [0.2, 0.25) is 0 Å². The Labute approximate surface area is 249 Å². The average molecular weight is 546 g/mol. The molecule has 0 heterocycles. The molecule has 0 bridgehead atoms. The van der Waals surface area contributed by atoms with Crippen molar-refractivity contribution in [3.8, 4) is 5.75 Å². The first kappa shape index (κ1) is 28.2. The number of anilines is 3. The van der Waals surface area contributed by atoms with E-state index in [1.54, 1.807) is 0 Å². The van der Waals surface area contributed by atoms with E-state index in [4.69, 9.17) is 4.74 Å². The molecule has 5 rings (SSSR count). The molecule has 2 heteroatoms. The normalized spacial score (nSPS) is 11.6. The fourth-order valence-corrected chi connectivity index (χ4v) is 4.57. The van der Waals surface area contributed by atoms with Crippen LogP contribution < -0.4 is 9.64 Å². The van der Waals surface area contributed by atoms with Crippen molar-refractivity contribution >= 4 is 41.4 Å². The molecule has 2 nitrogen and oxygen atoms in total. The first-order valence-corrected chi connectivity index (χ1v) is 14.3. The van der Waals surface area contributed by atoms with Gasteiger partial charge < -0.3 is 9.64 Å². The van der Waals surface area contributed by atoms with E-state index in [1.807, 2.05) is 55.5 Å². The fraction of sp³-hybridized carbons (Fsp3) is 0.0500. The molecule has 206 valence electrons. The van der Waals surface area contributed by atoms with Crippen molar-refractivity contribution < 1.29 is 4.74 Å². The number of rotatable bonds is 11. The van der Waals surface area contributed by atoms with Gasteiger partial charge in [0, 0.05) is 17.1 Å². The highest BCUT2D eigenvalue weighted by molar-refractivity contribution is 5.78. The van der Waals surface area contributed by atoms with Crippen LogP contribution in [0.1, 0.15) is 29.2 Å². The van der Waals surface area contributed by atoms with Gasteiger partial charge in [-0.2, -0.15) is 0 Å². The van der Waals surface area contributed by atoms with E-state index in [-0.39, 0.29) is 0 Å². The Morgan fingerprint density at radius 2 is 0.762 bits per heavy atom. The number of benzene rings is 5. The molecule has 0 saturated carbocycles. The molecule has 0 atom stereocenters. The summed E-state index contributed by atoms with van der Waals surface area (Å²) in [6, 6.07) is 46.2. The van der Waals surface area contributed by atoms with Crippen LogP contribution in [0.3, 0.4) is 0 Å². The standard InChI is InChI=1S/C40H35NO/c1-2-42-40-31-29-39(30-32-40)41(37-25-21-35(22-26-37)19-11-9-17-33-13-5-3-6-14-33)38-27-23-36(24-28-38)20-12-10-18-34-15-7-4-8-16-34/h3-32H,2H2,1H3. The maximum absolute atomic E-state index is 5.69. The van der Waals surface area contributed by atoms with Gasteiger partial charge in [0.1, 0.15) is 5.75 Å². The van der Waals surface area contributed by atoms with Crippen LogP contribution in [0.15, 0.2) is 158 Å². The molecule has 0 N–H and O–H groups in total. The number of allylic oxidation sites excluding steroid dienone is 4. The van der Waals surface area contributed by atoms with E-state index in [0.29, 0.717) is 6.61 Å². The maximum Gasteiger partial charge on any atom is 0.119 e. The van der Waals surface area contributed by atoms with Crippen molar-refractivity contribution in [3.63, 3.8) is 0 Å². The molecule has 0 aliphatic carbocycles. The largest absolute Gasteiger partial charge is 0.494 e. The minimum atomic E-state index is 0.647. The summed E-state index contributed by atoms with van der Waals surface area (Å²) in [4.78, 5) is 2.27. The predicted molar refractivity (Wildman–Crippen MR) is 181 cm³/mol. The lowest BCUT2D eigenvalue weighted by molar-refractivity contribution is 0.340. The monoisotopic (exact) mass is 545 g/mol. The van der Waals surface area contributed by atoms with Crippen LogP contribution in [-0.2, 0) is 0 Å². The minimum Gasteiger partial charge on any atom is -0.494 e. The van der Waals surface area contributed by atoms with Gasteiger partial charge in [-0.1, -0.05) is 134 Å². The van der Waals surface area contributed by atoms with Crippen molar-refractivity contribution in [3.05, 3.63) is 180 Å². The highest BCUT2D eigenvalue weighted by atomic mass is 16.5. The van der Waals surface area contributed by atoms with Crippen LogP contribution >= 0.6 is 0 Å². The van der Waals surface area contributed by atoms with E-state index < -0.39 is 0 Å². The second-order valence-corrected chi connectivity index (χ2v) is 9.70. The van der Waals surface area contributed by atoms with Crippen molar-refractivity contribution in [2.45, 2.75) is 6.92 Å². The first-order valence-electron chi connectivity index (χ1n) is 14.3. The topological polar surface area (TPSA) is 12.5 Å². The molecule has 0 aromatic heterocycles. The molecular formula is C40H35NO. The summed E-state index contributed by atoms with van der Waals surface area (Å²) in [6.07, 6.45) is 16.8. The lowest BCUT2D eigenvalue weighted by atomic mass is 10.1. The molecule has 0 amide bonds. The van der Waals surface area contributed by atoms with Gasteiger partial charge in [-0.25, -0.2) is 0 Å². The number of hydrogen-bond donors (Lipinski definition) is 0. The lowest BCUT2D eigenvalue weighted by Gasteiger charge is -2.26. The summed E-state index contributed by atoms with van der Waals surface area (Å²) in [6.45, 7) is 2.65. The zero-order valence-electron chi connectivity index (χ0n) is 23.9. The Hall–Kier alpha value is -5.34. The molecule has 5 aromatic carbocycles. The minimum absolute atomic E-state index is 0.647. The van der Waals surface area contributed by atoms with Gasteiger partial charge in [-0.05, 0) is 77.7 Å². The Morgan fingerprint density at radius 1 is 0.429 bits per heavy atom. The van der Waals surface area contributed by atoms with Crippen molar-refractivity contribution in [1.29, 1.82) is 0 Å². The quantitative estimate of drug-likeness (QED) is 0.153. The molecular weight excluding hydrogens is 510 g/mol. The SMILES string of the molecule is CCOc1ccc(N(c2ccc(C=CC=Cc3ccccc3)cc2)c2ccc(C=CC=Cc3ccccc3)cc2)cc1. The van der Waals surface area contributed by atoms with Gasteiger partial charge in [0.2, 0.25) is 0 Å². The van der Waals surface area contributed by atoms with E-state index in [2.05, 4.69) is 138 Å². The molecule has 0 aliphatic rings. The molecule has 0 unspecified atom stereocenters. The molecule has 0 saturated heterocycles. The second-order valence-electron chi connectivity index (χ2n) is 9.70. The average Bonchev–Trinajstić information content (AvgIpc) is 3.05. The highest BCUT2D eigenvalue weighted by Gasteiger charge is 2.12. The van der Waals surface area contributed by atoms with Crippen LogP contribution in [0.5, 0.6) is 5.75 Å². The van der Waals surface area contributed by atoms with Gasteiger partial charge in [-0.3, -0.25) is 0 Å². The maximum atomic E-state index is 5.69. The fourth-order valence-electron chi connectivity index (χ4n) is 4.57. The summed E-state index contributed by atoms with van der Waals surface area (Å²) < 4.78 is 5.69. The predicted octanol–water partition coefficient (Wildman–Crippen LogP) is 11.0. The Morgan fingerprint density at radius 3 is 1.12 bits per heavy atom. The number of ether oxygens (including phenoxy) is 1. The highest BCUT2D eigenvalue weighted by Crippen LogP contribution is 2.35. The first-order chi connectivity index (χ1) is 20.8. The zero-order valence-corrected chi connectivity index (χ0v) is 23.9. The number of nitrogens with zero attached hydrogens (tertiary/aromatic N) is 1. The molecule has 0 radical (unpaired) electrons. The smallest absolute Gasteiger partial charge is 0.119 e. The third kappa shape index (κ3) is 8.09. The van der Waals surface area contributed by atoms with Crippen LogP contribution in [0, 0.1) is 0 Å². The molecule has 0 aliphatic heterocycles. The third-order valence-corrected chi connectivity index (χ3v) is 6.68. The molecule has 5 aromatic rings. The van der Waals surface area contributed by atoms with E-state index in [0.717, 1.165) is 33.9 Å². The van der Waals surface area contributed by atoms with Gasteiger partial charge in [0.25, 0.3) is 0 Å². The van der Waals surface area contributed by atoms with Gasteiger partial charge >= 0.3 is 0 Å². The Kier molecular flexibility index (Phi) is 9.99. The molecule has 42 heavy (non-hydrogen) atoms.